The van der Waals surface area contributed by atoms with Crippen molar-refractivity contribution < 1.29 is 14.4 Å². The molecular formula is C27H29N3O3. The number of hydrogen-bond donors (Lipinski definition) is 3. The molecule has 33 heavy (non-hydrogen) atoms. The summed E-state index contributed by atoms with van der Waals surface area (Å²) in [5, 5.41) is 10.8. The number of rotatable bonds is 8. The third kappa shape index (κ3) is 5.98. The number of amides is 3. The van der Waals surface area contributed by atoms with Crippen LogP contribution in [-0.4, -0.2) is 23.8 Å². The van der Waals surface area contributed by atoms with E-state index in [1.807, 2.05) is 56.3 Å². The van der Waals surface area contributed by atoms with Crippen LogP contribution < -0.4 is 16.0 Å². The third-order valence-corrected chi connectivity index (χ3v) is 5.81. The summed E-state index contributed by atoms with van der Waals surface area (Å²) in [4.78, 5) is 37.5. The summed E-state index contributed by atoms with van der Waals surface area (Å²) >= 11 is 0. The molecule has 0 radical (unpaired) electrons. The first-order valence-electron chi connectivity index (χ1n) is 11.4. The van der Waals surface area contributed by atoms with Gasteiger partial charge in [0.25, 0.3) is 0 Å². The molecule has 0 aromatic heterocycles. The molecule has 6 heteroatoms. The van der Waals surface area contributed by atoms with Crippen LogP contribution in [0.4, 0.5) is 11.4 Å². The molecule has 0 saturated heterocycles. The van der Waals surface area contributed by atoms with Crippen LogP contribution in [0.5, 0.6) is 0 Å². The second kappa shape index (κ2) is 9.86. The van der Waals surface area contributed by atoms with Crippen molar-refractivity contribution in [1.29, 1.82) is 0 Å². The van der Waals surface area contributed by atoms with Crippen molar-refractivity contribution in [2.45, 2.75) is 39.2 Å². The Morgan fingerprint density at radius 1 is 0.848 bits per heavy atom. The van der Waals surface area contributed by atoms with Gasteiger partial charge < -0.3 is 16.0 Å². The summed E-state index contributed by atoms with van der Waals surface area (Å²) in [7, 11) is 0. The van der Waals surface area contributed by atoms with Gasteiger partial charge in [0.15, 0.2) is 0 Å². The zero-order valence-corrected chi connectivity index (χ0v) is 18.9. The van der Waals surface area contributed by atoms with E-state index >= 15 is 0 Å². The van der Waals surface area contributed by atoms with E-state index in [4.69, 9.17) is 0 Å². The molecule has 1 atom stereocenters. The minimum Gasteiger partial charge on any atom is -0.344 e. The van der Waals surface area contributed by atoms with Gasteiger partial charge in [0.05, 0.1) is 6.42 Å². The Bertz CT molecular complexity index is 1170. The van der Waals surface area contributed by atoms with Gasteiger partial charge in [-0.2, -0.15) is 0 Å². The Kier molecular flexibility index (Phi) is 6.73. The van der Waals surface area contributed by atoms with Crippen molar-refractivity contribution in [3.8, 4) is 0 Å². The summed E-state index contributed by atoms with van der Waals surface area (Å²) in [6.07, 6.45) is 2.10. The molecule has 1 fully saturated rings. The molecule has 3 amide bonds. The Hall–Kier alpha value is -3.67. The van der Waals surface area contributed by atoms with Crippen molar-refractivity contribution in [3.05, 3.63) is 72.3 Å². The van der Waals surface area contributed by atoms with E-state index in [2.05, 4.69) is 16.0 Å². The zero-order chi connectivity index (χ0) is 23.4. The lowest BCUT2D eigenvalue weighted by Crippen LogP contribution is -2.47. The molecule has 1 saturated carbocycles. The van der Waals surface area contributed by atoms with Crippen LogP contribution in [0.25, 0.3) is 10.8 Å². The SMILES string of the molecule is CC(C)C(NC(=O)Cc1ccc2ccccc2c1)C(=O)Nc1ccc(NC(=O)C2CC2)cc1. The number of nitrogens with one attached hydrogen (secondary N) is 3. The average Bonchev–Trinajstić information content (AvgIpc) is 3.64. The Labute approximate surface area is 193 Å². The van der Waals surface area contributed by atoms with Crippen molar-refractivity contribution in [2.24, 2.45) is 11.8 Å². The maximum atomic E-state index is 12.9. The van der Waals surface area contributed by atoms with Crippen molar-refractivity contribution in [3.63, 3.8) is 0 Å². The molecule has 0 aliphatic heterocycles. The molecule has 6 nitrogen and oxygen atoms in total. The van der Waals surface area contributed by atoms with Crippen molar-refractivity contribution >= 4 is 39.9 Å². The molecule has 0 spiro atoms. The second-order valence-electron chi connectivity index (χ2n) is 8.98. The molecule has 1 aliphatic rings. The standard InChI is InChI=1S/C27H29N3O3/c1-17(2)25(30-24(31)16-18-7-8-19-5-3-4-6-21(19)15-18)27(33)29-23-13-11-22(12-14-23)28-26(32)20-9-10-20/h3-8,11-15,17,20,25H,9-10,16H2,1-2H3,(H,28,32)(H,29,33)(H,30,31). The van der Waals surface area contributed by atoms with E-state index in [0.29, 0.717) is 11.4 Å². The molecule has 0 bridgehead atoms. The lowest BCUT2D eigenvalue weighted by Gasteiger charge is -2.22. The van der Waals surface area contributed by atoms with Gasteiger partial charge >= 0.3 is 0 Å². The summed E-state index contributed by atoms with van der Waals surface area (Å²) in [5.41, 5.74) is 2.21. The molecule has 3 N–H and O–H groups in total. The number of fused-ring (bicyclic) bond motifs is 1. The zero-order valence-electron chi connectivity index (χ0n) is 18.9. The lowest BCUT2D eigenvalue weighted by molar-refractivity contribution is -0.127. The fourth-order valence-electron chi connectivity index (χ4n) is 3.74. The predicted molar refractivity (Wildman–Crippen MR) is 131 cm³/mol. The molecule has 1 aliphatic carbocycles. The summed E-state index contributed by atoms with van der Waals surface area (Å²) in [6, 6.07) is 20.3. The van der Waals surface area contributed by atoms with E-state index < -0.39 is 6.04 Å². The highest BCUT2D eigenvalue weighted by molar-refractivity contribution is 5.98. The first-order valence-corrected chi connectivity index (χ1v) is 11.4. The number of anilines is 2. The van der Waals surface area contributed by atoms with E-state index in [-0.39, 0.29) is 36.0 Å². The Morgan fingerprint density at radius 2 is 1.48 bits per heavy atom. The van der Waals surface area contributed by atoms with Gasteiger partial charge in [-0.3, -0.25) is 14.4 Å². The van der Waals surface area contributed by atoms with Crippen LogP contribution in [0.2, 0.25) is 0 Å². The van der Waals surface area contributed by atoms with Gasteiger partial charge in [0, 0.05) is 17.3 Å². The molecule has 0 heterocycles. The maximum Gasteiger partial charge on any atom is 0.247 e. The van der Waals surface area contributed by atoms with Crippen LogP contribution in [0.1, 0.15) is 32.3 Å². The van der Waals surface area contributed by atoms with E-state index in [1.165, 1.54) is 0 Å². The minimum atomic E-state index is -0.660. The van der Waals surface area contributed by atoms with Gasteiger partial charge in [-0.05, 0) is 59.4 Å². The van der Waals surface area contributed by atoms with Crippen LogP contribution in [0.3, 0.4) is 0 Å². The normalized spacial score (nSPS) is 14.0. The maximum absolute atomic E-state index is 12.9. The van der Waals surface area contributed by atoms with Crippen molar-refractivity contribution in [1.82, 2.24) is 5.32 Å². The van der Waals surface area contributed by atoms with Gasteiger partial charge in [-0.1, -0.05) is 56.3 Å². The molecule has 170 valence electrons. The summed E-state index contributed by atoms with van der Waals surface area (Å²) in [5.74, 6) is -0.373. The van der Waals surface area contributed by atoms with E-state index in [0.717, 1.165) is 29.2 Å². The summed E-state index contributed by atoms with van der Waals surface area (Å²) < 4.78 is 0. The summed E-state index contributed by atoms with van der Waals surface area (Å²) in [6.45, 7) is 3.80. The third-order valence-electron chi connectivity index (χ3n) is 5.81. The van der Waals surface area contributed by atoms with Crippen LogP contribution in [-0.2, 0) is 20.8 Å². The highest BCUT2D eigenvalue weighted by Gasteiger charge is 2.29. The van der Waals surface area contributed by atoms with E-state index in [9.17, 15) is 14.4 Å². The minimum absolute atomic E-state index is 0.0424. The average molecular weight is 444 g/mol. The number of carbonyl (C=O) groups is 3. The van der Waals surface area contributed by atoms with Crippen LogP contribution in [0, 0.1) is 11.8 Å². The lowest BCUT2D eigenvalue weighted by atomic mass is 10.0. The molecule has 3 aromatic carbocycles. The van der Waals surface area contributed by atoms with Crippen molar-refractivity contribution in [2.75, 3.05) is 10.6 Å². The number of hydrogen-bond acceptors (Lipinski definition) is 3. The molecule has 1 unspecified atom stereocenters. The van der Waals surface area contributed by atoms with Gasteiger partial charge in [-0.15, -0.1) is 0 Å². The highest BCUT2D eigenvalue weighted by atomic mass is 16.2. The number of carbonyl (C=O) groups excluding carboxylic acids is 3. The van der Waals surface area contributed by atoms with Crippen LogP contribution >= 0.6 is 0 Å². The molecule has 4 rings (SSSR count). The largest absolute Gasteiger partial charge is 0.344 e. The highest BCUT2D eigenvalue weighted by Crippen LogP contribution is 2.30. The predicted octanol–water partition coefficient (Wildman–Crippen LogP) is 4.51. The van der Waals surface area contributed by atoms with Gasteiger partial charge in [0.2, 0.25) is 17.7 Å². The topological polar surface area (TPSA) is 87.3 Å². The first kappa shape index (κ1) is 22.5. The Morgan fingerprint density at radius 3 is 2.12 bits per heavy atom. The quantitative estimate of drug-likeness (QED) is 0.479. The fraction of sp³-hybridized carbons (Fsp3) is 0.296. The smallest absolute Gasteiger partial charge is 0.247 e. The second-order valence-corrected chi connectivity index (χ2v) is 8.98. The molecular weight excluding hydrogens is 414 g/mol. The van der Waals surface area contributed by atoms with E-state index in [1.54, 1.807) is 24.3 Å². The number of benzene rings is 3. The van der Waals surface area contributed by atoms with Gasteiger partial charge in [0.1, 0.15) is 6.04 Å². The Balaban J connectivity index is 1.35. The van der Waals surface area contributed by atoms with Crippen LogP contribution in [0.15, 0.2) is 66.7 Å². The fourth-order valence-corrected chi connectivity index (χ4v) is 3.74. The monoisotopic (exact) mass is 443 g/mol. The first-order chi connectivity index (χ1) is 15.9. The molecule has 3 aromatic rings. The van der Waals surface area contributed by atoms with Gasteiger partial charge in [-0.25, -0.2) is 0 Å².